The van der Waals surface area contributed by atoms with Crippen molar-refractivity contribution in [1.29, 1.82) is 0 Å². The van der Waals surface area contributed by atoms with E-state index in [9.17, 15) is 0 Å². The van der Waals surface area contributed by atoms with E-state index in [4.69, 9.17) is 14.5 Å². The maximum atomic E-state index is 5.80. The summed E-state index contributed by atoms with van der Waals surface area (Å²) >= 11 is 0. The van der Waals surface area contributed by atoms with Gasteiger partial charge in [0.1, 0.15) is 30.1 Å². The minimum atomic E-state index is 0.361. The lowest BCUT2D eigenvalue weighted by atomic mass is 10.1. The van der Waals surface area contributed by atoms with Gasteiger partial charge in [0.25, 0.3) is 5.84 Å². The quantitative estimate of drug-likeness (QED) is 0.645. The first kappa shape index (κ1) is 19.0. The number of methoxy groups -OCH3 is 1. The van der Waals surface area contributed by atoms with Gasteiger partial charge in [0, 0.05) is 36.2 Å². The van der Waals surface area contributed by atoms with Crippen LogP contribution in [-0.2, 0) is 4.74 Å². The number of rotatable bonds is 4. The highest BCUT2D eigenvalue weighted by Crippen LogP contribution is 2.40. The Bertz CT molecular complexity index is 1320. The molecule has 0 saturated carbocycles. The van der Waals surface area contributed by atoms with Gasteiger partial charge in [-0.05, 0) is 12.1 Å². The average molecular weight is 427 g/mol. The average Bonchev–Trinajstić information content (AvgIpc) is 3.50. The number of aromatic amines is 1. The number of ether oxygens (including phenoxy) is 2. The summed E-state index contributed by atoms with van der Waals surface area (Å²) in [6.45, 7) is 3.17. The zero-order chi connectivity index (χ0) is 21.5. The molecule has 3 aromatic rings. The molecule has 3 aliphatic rings. The molecule has 160 valence electrons. The number of fused-ring (bicyclic) bond motifs is 2. The van der Waals surface area contributed by atoms with Gasteiger partial charge in [0.15, 0.2) is 5.69 Å². The largest absolute Gasteiger partial charge is 0.494 e. The number of benzene rings is 2. The van der Waals surface area contributed by atoms with E-state index in [-0.39, 0.29) is 0 Å². The van der Waals surface area contributed by atoms with Crippen LogP contribution in [0, 0.1) is 0 Å². The van der Waals surface area contributed by atoms with Gasteiger partial charge in [-0.2, -0.15) is 14.6 Å². The fourth-order valence-electron chi connectivity index (χ4n) is 4.48. The molecule has 0 aliphatic carbocycles. The van der Waals surface area contributed by atoms with Crippen LogP contribution in [0.25, 0.3) is 16.6 Å². The van der Waals surface area contributed by atoms with Crippen LogP contribution in [0.3, 0.4) is 0 Å². The first-order valence-electron chi connectivity index (χ1n) is 10.6. The molecule has 8 heteroatoms. The number of hydrogen-bond donors (Lipinski definition) is 1. The van der Waals surface area contributed by atoms with Crippen molar-refractivity contribution in [3.63, 3.8) is 0 Å². The van der Waals surface area contributed by atoms with E-state index in [1.807, 2.05) is 18.6 Å². The van der Waals surface area contributed by atoms with Crippen LogP contribution in [0.1, 0.15) is 5.56 Å². The highest BCUT2D eigenvalue weighted by Gasteiger charge is 2.40. The van der Waals surface area contributed by atoms with Crippen molar-refractivity contribution < 1.29 is 9.47 Å². The Morgan fingerprint density at radius 2 is 2.03 bits per heavy atom. The molecule has 1 unspecified atom stereocenters. The number of anilines is 1. The van der Waals surface area contributed by atoms with Gasteiger partial charge in [0.2, 0.25) is 0 Å². The van der Waals surface area contributed by atoms with Crippen LogP contribution in [-0.4, -0.2) is 55.7 Å². The summed E-state index contributed by atoms with van der Waals surface area (Å²) < 4.78 is 11.7. The molecule has 1 saturated heterocycles. The molecule has 0 amide bonds. The molecule has 1 N–H and O–H groups in total. The Balaban J connectivity index is 1.43. The molecule has 4 heterocycles. The fraction of sp³-hybridized carbons (Fsp3) is 0.208. The van der Waals surface area contributed by atoms with E-state index in [2.05, 4.69) is 68.9 Å². The van der Waals surface area contributed by atoms with Gasteiger partial charge in [0.05, 0.1) is 43.9 Å². The molecule has 1 atom stereocenters. The number of aromatic nitrogens is 2. The second-order valence-corrected chi connectivity index (χ2v) is 7.96. The van der Waals surface area contributed by atoms with Crippen molar-refractivity contribution in [2.24, 2.45) is 9.98 Å². The summed E-state index contributed by atoms with van der Waals surface area (Å²) in [5.74, 6) is 1.69. The molecule has 0 bridgehead atoms. The maximum absolute atomic E-state index is 5.80. The van der Waals surface area contributed by atoms with Gasteiger partial charge < -0.3 is 14.4 Å². The standard InChI is InChI=1S/C24H23N6O2/c1-31-23-13-19(4-5-22(23)29-7-10-32-11-8-29)30-9-6-25-24(30)15-26-21(16-30)17-2-3-18-14-27-28-20(18)12-17/h2-6,9,12-16H,7-8,10-11H2,1H3,(H,27,28)/q+1. The number of quaternary nitrogens is 1. The third-order valence-corrected chi connectivity index (χ3v) is 6.21. The SMILES string of the molecule is COc1cc([N+]23C=CN=C2C=NC(c2ccc4cn[nH]c4c2)=C3)ccc1N1CCOCC1. The van der Waals surface area contributed by atoms with Crippen LogP contribution in [0.2, 0.25) is 0 Å². The minimum absolute atomic E-state index is 0.361. The minimum Gasteiger partial charge on any atom is -0.494 e. The van der Waals surface area contributed by atoms with Gasteiger partial charge in [-0.25, -0.2) is 4.99 Å². The number of morpholine rings is 1. The van der Waals surface area contributed by atoms with Crippen molar-refractivity contribution in [1.82, 2.24) is 14.7 Å². The van der Waals surface area contributed by atoms with Gasteiger partial charge in [-0.1, -0.05) is 12.1 Å². The van der Waals surface area contributed by atoms with E-state index in [1.165, 1.54) is 0 Å². The van der Waals surface area contributed by atoms with Crippen LogP contribution in [0.4, 0.5) is 11.4 Å². The molecule has 32 heavy (non-hydrogen) atoms. The number of nitrogens with zero attached hydrogens (tertiary/aromatic N) is 5. The first-order chi connectivity index (χ1) is 15.8. The maximum Gasteiger partial charge on any atom is 0.261 e. The monoisotopic (exact) mass is 427 g/mol. The lowest BCUT2D eigenvalue weighted by molar-refractivity contribution is 0.122. The topological polar surface area (TPSA) is 75.1 Å². The fourth-order valence-corrected chi connectivity index (χ4v) is 4.48. The van der Waals surface area contributed by atoms with E-state index < -0.39 is 0 Å². The molecule has 3 aliphatic heterocycles. The first-order valence-corrected chi connectivity index (χ1v) is 10.6. The van der Waals surface area contributed by atoms with E-state index in [0.29, 0.717) is 4.48 Å². The molecule has 8 nitrogen and oxygen atoms in total. The molecule has 1 aromatic heterocycles. The number of hydrogen-bond acceptors (Lipinski definition) is 6. The Hall–Kier alpha value is -3.75. The van der Waals surface area contributed by atoms with Crippen LogP contribution < -0.4 is 14.1 Å². The number of amidine groups is 1. The zero-order valence-corrected chi connectivity index (χ0v) is 17.7. The Kier molecular flexibility index (Phi) is 4.41. The normalized spacial score (nSPS) is 22.1. The summed E-state index contributed by atoms with van der Waals surface area (Å²) in [4.78, 5) is 11.6. The predicted octanol–water partition coefficient (Wildman–Crippen LogP) is 3.68. The number of H-pyrrole nitrogens is 1. The lowest BCUT2D eigenvalue weighted by Gasteiger charge is -2.32. The number of nitrogens with one attached hydrogen (secondary N) is 1. The van der Waals surface area contributed by atoms with Crippen molar-refractivity contribution >= 4 is 40.0 Å². The lowest BCUT2D eigenvalue weighted by Crippen LogP contribution is -2.45. The van der Waals surface area contributed by atoms with Crippen LogP contribution >= 0.6 is 0 Å². The summed E-state index contributed by atoms with van der Waals surface area (Å²) in [5, 5.41) is 8.24. The Morgan fingerprint density at radius 1 is 1.12 bits per heavy atom. The van der Waals surface area contributed by atoms with Crippen molar-refractivity contribution in [3.05, 3.63) is 66.8 Å². The third kappa shape index (κ3) is 2.96. The highest BCUT2D eigenvalue weighted by molar-refractivity contribution is 6.37. The molecule has 0 spiro atoms. The number of aliphatic imine (C=N–C) groups is 2. The van der Waals surface area contributed by atoms with Gasteiger partial charge in [-0.3, -0.25) is 5.10 Å². The van der Waals surface area contributed by atoms with E-state index >= 15 is 0 Å². The van der Waals surface area contributed by atoms with Gasteiger partial charge >= 0.3 is 0 Å². The molecule has 2 aromatic carbocycles. The molecule has 1 fully saturated rings. The molecular weight excluding hydrogens is 404 g/mol. The van der Waals surface area contributed by atoms with E-state index in [0.717, 1.165) is 71.4 Å². The molecule has 0 radical (unpaired) electrons. The second kappa shape index (κ2) is 7.44. The summed E-state index contributed by atoms with van der Waals surface area (Å²) in [5.41, 5.74) is 5.00. The van der Waals surface area contributed by atoms with Crippen molar-refractivity contribution in [2.45, 2.75) is 0 Å². The van der Waals surface area contributed by atoms with Crippen molar-refractivity contribution in [3.8, 4) is 5.75 Å². The highest BCUT2D eigenvalue weighted by atomic mass is 16.5. The summed E-state index contributed by atoms with van der Waals surface area (Å²) in [7, 11) is 1.72. The van der Waals surface area contributed by atoms with E-state index in [1.54, 1.807) is 7.11 Å². The second-order valence-electron chi connectivity index (χ2n) is 7.96. The summed E-state index contributed by atoms with van der Waals surface area (Å²) in [6, 6.07) is 12.6. The zero-order valence-electron chi connectivity index (χ0n) is 17.7. The Labute approximate surface area is 185 Å². The smallest absolute Gasteiger partial charge is 0.261 e. The molecule has 6 rings (SSSR count). The van der Waals surface area contributed by atoms with Crippen molar-refractivity contribution in [2.75, 3.05) is 38.3 Å². The van der Waals surface area contributed by atoms with Gasteiger partial charge in [-0.15, -0.1) is 0 Å². The third-order valence-electron chi connectivity index (χ3n) is 6.21. The van der Waals surface area contributed by atoms with Crippen LogP contribution in [0.5, 0.6) is 5.75 Å². The molecular formula is C24H23N6O2+. The van der Waals surface area contributed by atoms with Crippen LogP contribution in [0.15, 0.2) is 71.2 Å². The predicted molar refractivity (Wildman–Crippen MR) is 127 cm³/mol. The summed E-state index contributed by atoms with van der Waals surface area (Å²) in [6.07, 6.45) is 9.69. The Morgan fingerprint density at radius 3 is 2.91 bits per heavy atom.